The molecule has 0 aromatic heterocycles. The predicted molar refractivity (Wildman–Crippen MR) is 44.3 cm³/mol. The first-order valence-electron chi connectivity index (χ1n) is 3.52. The van der Waals surface area contributed by atoms with E-state index in [1.807, 2.05) is 19.9 Å². The molecule has 0 saturated carbocycles. The number of aliphatic carboxylic acids is 1. The zero-order valence-corrected chi connectivity index (χ0v) is 7.22. The number of carbonyl (C=O) groups is 1. The highest BCUT2D eigenvalue weighted by Crippen LogP contribution is 2.08. The molecule has 0 aliphatic heterocycles. The predicted octanol–water partition coefficient (Wildman–Crippen LogP) is 1.14. The SMILES string of the molecule is CC(C)=CC[C@](C)(N)C(=O)O. The van der Waals surface area contributed by atoms with E-state index in [1.54, 1.807) is 0 Å². The van der Waals surface area contributed by atoms with Crippen LogP contribution in [-0.4, -0.2) is 16.6 Å². The zero-order valence-electron chi connectivity index (χ0n) is 7.22. The summed E-state index contributed by atoms with van der Waals surface area (Å²) in [6.07, 6.45) is 2.21. The summed E-state index contributed by atoms with van der Waals surface area (Å²) in [6.45, 7) is 5.34. The molecule has 0 aliphatic rings. The Labute approximate surface area is 66.9 Å². The van der Waals surface area contributed by atoms with Crippen LogP contribution in [-0.2, 0) is 4.79 Å². The minimum absolute atomic E-state index is 0.380. The third kappa shape index (κ3) is 3.78. The molecule has 0 aromatic rings. The normalized spacial score (nSPS) is 15.3. The van der Waals surface area contributed by atoms with Crippen LogP contribution in [0.4, 0.5) is 0 Å². The lowest BCUT2D eigenvalue weighted by Crippen LogP contribution is -2.44. The lowest BCUT2D eigenvalue weighted by Gasteiger charge is -2.16. The lowest BCUT2D eigenvalue weighted by atomic mass is 9.98. The van der Waals surface area contributed by atoms with Crippen LogP contribution in [0.25, 0.3) is 0 Å². The van der Waals surface area contributed by atoms with Crippen molar-refractivity contribution >= 4 is 5.97 Å². The molecule has 0 bridgehead atoms. The summed E-state index contributed by atoms with van der Waals surface area (Å²) in [7, 11) is 0. The van der Waals surface area contributed by atoms with Crippen molar-refractivity contribution in [3.05, 3.63) is 11.6 Å². The highest BCUT2D eigenvalue weighted by Gasteiger charge is 2.25. The van der Waals surface area contributed by atoms with Crippen molar-refractivity contribution < 1.29 is 9.90 Å². The number of hydrogen-bond donors (Lipinski definition) is 2. The van der Waals surface area contributed by atoms with Crippen LogP contribution in [0.15, 0.2) is 11.6 Å². The van der Waals surface area contributed by atoms with Gasteiger partial charge in [0.25, 0.3) is 0 Å². The van der Waals surface area contributed by atoms with Gasteiger partial charge in [0.05, 0.1) is 0 Å². The largest absolute Gasteiger partial charge is 0.480 e. The van der Waals surface area contributed by atoms with Crippen LogP contribution in [0.3, 0.4) is 0 Å². The minimum atomic E-state index is -1.13. The fourth-order valence-electron chi connectivity index (χ4n) is 0.503. The van der Waals surface area contributed by atoms with E-state index in [9.17, 15) is 4.79 Å². The van der Waals surface area contributed by atoms with E-state index in [-0.39, 0.29) is 0 Å². The second-order valence-corrected chi connectivity index (χ2v) is 3.21. The first-order valence-corrected chi connectivity index (χ1v) is 3.52. The van der Waals surface area contributed by atoms with E-state index < -0.39 is 11.5 Å². The van der Waals surface area contributed by atoms with Gasteiger partial charge in [-0.3, -0.25) is 4.79 Å². The lowest BCUT2D eigenvalue weighted by molar-refractivity contribution is -0.142. The van der Waals surface area contributed by atoms with Gasteiger partial charge in [0, 0.05) is 0 Å². The van der Waals surface area contributed by atoms with Gasteiger partial charge in [-0.15, -0.1) is 0 Å². The standard InChI is InChI=1S/C8H15NO2/c1-6(2)4-5-8(3,9)7(10)11/h4H,5,9H2,1-3H3,(H,10,11)/t8-/m0/s1. The molecule has 0 radical (unpaired) electrons. The molecule has 0 rings (SSSR count). The Morgan fingerprint density at radius 2 is 2.09 bits per heavy atom. The fraction of sp³-hybridized carbons (Fsp3) is 0.625. The highest BCUT2D eigenvalue weighted by molar-refractivity contribution is 5.78. The Morgan fingerprint density at radius 3 is 2.36 bits per heavy atom. The molecule has 0 spiro atoms. The first-order chi connectivity index (χ1) is 4.86. The zero-order chi connectivity index (χ0) is 9.07. The number of rotatable bonds is 3. The molecule has 0 aliphatic carbocycles. The molecule has 0 amide bonds. The maximum Gasteiger partial charge on any atom is 0.323 e. The Bertz CT molecular complexity index is 179. The molecule has 64 valence electrons. The molecule has 1 atom stereocenters. The van der Waals surface area contributed by atoms with Crippen LogP contribution in [0.5, 0.6) is 0 Å². The number of allylic oxidation sites excluding steroid dienone is 1. The fourth-order valence-corrected chi connectivity index (χ4v) is 0.503. The van der Waals surface area contributed by atoms with Gasteiger partial charge in [-0.05, 0) is 27.2 Å². The van der Waals surface area contributed by atoms with Crippen LogP contribution < -0.4 is 5.73 Å². The summed E-state index contributed by atoms with van der Waals surface area (Å²) in [6, 6.07) is 0. The molecular formula is C8H15NO2. The van der Waals surface area contributed by atoms with Crippen molar-refractivity contribution in [2.24, 2.45) is 5.73 Å². The Hall–Kier alpha value is -0.830. The number of nitrogens with two attached hydrogens (primary N) is 1. The average Bonchev–Trinajstić information content (AvgIpc) is 1.84. The molecule has 3 heteroatoms. The molecule has 0 aromatic carbocycles. The van der Waals surface area contributed by atoms with Gasteiger partial charge in [0.2, 0.25) is 0 Å². The topological polar surface area (TPSA) is 63.3 Å². The van der Waals surface area contributed by atoms with Crippen molar-refractivity contribution in [2.75, 3.05) is 0 Å². The average molecular weight is 157 g/mol. The molecule has 0 fully saturated rings. The molecule has 0 heterocycles. The second kappa shape index (κ2) is 3.53. The number of carboxylic acid groups (broad SMARTS) is 1. The molecule has 3 N–H and O–H groups in total. The van der Waals surface area contributed by atoms with Gasteiger partial charge in [0.15, 0.2) is 0 Å². The maximum absolute atomic E-state index is 10.5. The maximum atomic E-state index is 10.5. The Morgan fingerprint density at radius 1 is 1.64 bits per heavy atom. The van der Waals surface area contributed by atoms with Crippen LogP contribution in [0, 0.1) is 0 Å². The van der Waals surface area contributed by atoms with Gasteiger partial charge >= 0.3 is 5.97 Å². The molecule has 0 saturated heterocycles. The Balaban J connectivity index is 4.14. The van der Waals surface area contributed by atoms with E-state index in [2.05, 4.69) is 0 Å². The second-order valence-electron chi connectivity index (χ2n) is 3.21. The van der Waals surface area contributed by atoms with Crippen LogP contribution >= 0.6 is 0 Å². The van der Waals surface area contributed by atoms with E-state index in [0.29, 0.717) is 6.42 Å². The van der Waals surface area contributed by atoms with E-state index >= 15 is 0 Å². The molecule has 0 unspecified atom stereocenters. The van der Waals surface area contributed by atoms with E-state index in [1.165, 1.54) is 6.92 Å². The summed E-state index contributed by atoms with van der Waals surface area (Å²) in [5, 5.41) is 8.60. The number of carboxylic acids is 1. The van der Waals surface area contributed by atoms with Gasteiger partial charge < -0.3 is 10.8 Å². The summed E-state index contributed by atoms with van der Waals surface area (Å²) in [5.74, 6) is -0.963. The summed E-state index contributed by atoms with van der Waals surface area (Å²) in [4.78, 5) is 10.5. The molecule has 3 nitrogen and oxygen atoms in total. The van der Waals surface area contributed by atoms with Crippen LogP contribution in [0.2, 0.25) is 0 Å². The van der Waals surface area contributed by atoms with Crippen molar-refractivity contribution in [3.63, 3.8) is 0 Å². The van der Waals surface area contributed by atoms with Crippen molar-refractivity contribution in [2.45, 2.75) is 32.7 Å². The summed E-state index contributed by atoms with van der Waals surface area (Å²) in [5.41, 5.74) is 5.42. The number of hydrogen-bond acceptors (Lipinski definition) is 2. The third-order valence-electron chi connectivity index (χ3n) is 1.42. The van der Waals surface area contributed by atoms with Gasteiger partial charge in [0.1, 0.15) is 5.54 Å². The van der Waals surface area contributed by atoms with Gasteiger partial charge in [-0.1, -0.05) is 11.6 Å². The molecule has 11 heavy (non-hydrogen) atoms. The summed E-state index contributed by atoms with van der Waals surface area (Å²) < 4.78 is 0. The van der Waals surface area contributed by atoms with Crippen molar-refractivity contribution in [1.29, 1.82) is 0 Å². The van der Waals surface area contributed by atoms with Gasteiger partial charge in [-0.2, -0.15) is 0 Å². The first kappa shape index (κ1) is 10.2. The summed E-state index contributed by atoms with van der Waals surface area (Å²) >= 11 is 0. The highest BCUT2D eigenvalue weighted by atomic mass is 16.4. The van der Waals surface area contributed by atoms with Crippen molar-refractivity contribution in [3.8, 4) is 0 Å². The smallest absolute Gasteiger partial charge is 0.323 e. The monoisotopic (exact) mass is 157 g/mol. The molecular weight excluding hydrogens is 142 g/mol. The minimum Gasteiger partial charge on any atom is -0.480 e. The quantitative estimate of drug-likeness (QED) is 0.604. The van der Waals surface area contributed by atoms with Crippen LogP contribution in [0.1, 0.15) is 27.2 Å². The van der Waals surface area contributed by atoms with E-state index in [0.717, 1.165) is 5.57 Å². The van der Waals surface area contributed by atoms with Gasteiger partial charge in [-0.25, -0.2) is 0 Å². The van der Waals surface area contributed by atoms with Crippen molar-refractivity contribution in [1.82, 2.24) is 0 Å². The van der Waals surface area contributed by atoms with E-state index in [4.69, 9.17) is 10.8 Å². The third-order valence-corrected chi connectivity index (χ3v) is 1.42. The Kier molecular flexibility index (Phi) is 3.26.